The number of hydrogen-bond acceptors (Lipinski definition) is 3. The van der Waals surface area contributed by atoms with Crippen LogP contribution in [-0.4, -0.2) is 31.4 Å². The van der Waals surface area contributed by atoms with E-state index in [-0.39, 0.29) is 12.2 Å². The highest BCUT2D eigenvalue weighted by molar-refractivity contribution is 9.11. The van der Waals surface area contributed by atoms with E-state index in [0.29, 0.717) is 12.6 Å². The van der Waals surface area contributed by atoms with Crippen molar-refractivity contribution in [2.75, 3.05) is 13.2 Å². The van der Waals surface area contributed by atoms with Crippen molar-refractivity contribution >= 4 is 31.9 Å². The van der Waals surface area contributed by atoms with Crippen molar-refractivity contribution in [3.63, 3.8) is 0 Å². The summed E-state index contributed by atoms with van der Waals surface area (Å²) in [5.41, 5.74) is 0. The van der Waals surface area contributed by atoms with E-state index < -0.39 is 0 Å². The molecule has 2 rings (SSSR count). The number of rotatable bonds is 7. The molecule has 1 aromatic rings. The number of hydrogen-bond donors (Lipinski definition) is 1. The molecule has 20 heavy (non-hydrogen) atoms. The average molecular weight is 407 g/mol. The molecule has 1 aliphatic carbocycles. The molecule has 0 saturated heterocycles. The number of benzene rings is 1. The van der Waals surface area contributed by atoms with Gasteiger partial charge in [0.25, 0.3) is 0 Å². The van der Waals surface area contributed by atoms with Gasteiger partial charge in [0.15, 0.2) is 0 Å². The van der Waals surface area contributed by atoms with E-state index in [0.717, 1.165) is 34.1 Å². The molecule has 0 bridgehead atoms. The second-order valence-corrected chi connectivity index (χ2v) is 6.63. The smallest absolute Gasteiger partial charge is 0.148 e. The van der Waals surface area contributed by atoms with Gasteiger partial charge in [-0.05, 0) is 63.9 Å². The summed E-state index contributed by atoms with van der Waals surface area (Å²) in [7, 11) is 0. The molecule has 5 heteroatoms. The van der Waals surface area contributed by atoms with Crippen LogP contribution in [0.3, 0.4) is 0 Å². The number of halogens is 2. The Bertz CT molecular complexity index is 422. The maximum atomic E-state index is 6.13. The van der Waals surface area contributed by atoms with Crippen molar-refractivity contribution in [3.8, 4) is 5.75 Å². The monoisotopic (exact) mass is 405 g/mol. The van der Waals surface area contributed by atoms with Gasteiger partial charge in [0, 0.05) is 19.1 Å². The van der Waals surface area contributed by atoms with Crippen molar-refractivity contribution in [1.29, 1.82) is 0 Å². The summed E-state index contributed by atoms with van der Waals surface area (Å²) >= 11 is 7.07. The summed E-state index contributed by atoms with van der Waals surface area (Å²) in [6.45, 7) is 5.94. The van der Waals surface area contributed by atoms with Crippen LogP contribution >= 0.6 is 31.9 Å². The lowest BCUT2D eigenvalue weighted by Gasteiger charge is -2.44. The Labute approximate surface area is 137 Å². The van der Waals surface area contributed by atoms with Gasteiger partial charge < -0.3 is 14.8 Å². The predicted molar refractivity (Wildman–Crippen MR) is 88.4 cm³/mol. The second-order valence-electron chi connectivity index (χ2n) is 4.92. The van der Waals surface area contributed by atoms with Crippen molar-refractivity contribution < 1.29 is 9.47 Å². The topological polar surface area (TPSA) is 30.5 Å². The quantitative estimate of drug-likeness (QED) is 0.738. The SMILES string of the molecule is CCCNC1CC(Oc2c(Br)cccc2Br)C1OCC. The minimum Gasteiger partial charge on any atom is -0.485 e. The van der Waals surface area contributed by atoms with Gasteiger partial charge in [0.05, 0.1) is 8.95 Å². The first-order valence-corrected chi connectivity index (χ1v) is 8.71. The van der Waals surface area contributed by atoms with Crippen molar-refractivity contribution in [2.24, 2.45) is 0 Å². The molecule has 0 aliphatic heterocycles. The van der Waals surface area contributed by atoms with Crippen LogP contribution in [0.1, 0.15) is 26.7 Å². The van der Waals surface area contributed by atoms with Gasteiger partial charge in [0.1, 0.15) is 18.0 Å². The summed E-state index contributed by atoms with van der Waals surface area (Å²) in [4.78, 5) is 0. The normalized spacial score (nSPS) is 25.3. The Morgan fingerprint density at radius 1 is 1.25 bits per heavy atom. The van der Waals surface area contributed by atoms with E-state index >= 15 is 0 Å². The van der Waals surface area contributed by atoms with Crippen LogP contribution < -0.4 is 10.1 Å². The molecule has 1 aromatic carbocycles. The highest BCUT2D eigenvalue weighted by atomic mass is 79.9. The molecule has 0 heterocycles. The van der Waals surface area contributed by atoms with E-state index in [9.17, 15) is 0 Å². The van der Waals surface area contributed by atoms with Gasteiger partial charge >= 0.3 is 0 Å². The minimum absolute atomic E-state index is 0.110. The van der Waals surface area contributed by atoms with Gasteiger partial charge in [0.2, 0.25) is 0 Å². The number of ether oxygens (including phenoxy) is 2. The third kappa shape index (κ3) is 3.75. The van der Waals surface area contributed by atoms with E-state index in [4.69, 9.17) is 9.47 Å². The summed E-state index contributed by atoms with van der Waals surface area (Å²) < 4.78 is 13.9. The first-order valence-electron chi connectivity index (χ1n) is 7.13. The van der Waals surface area contributed by atoms with E-state index in [1.54, 1.807) is 0 Å². The summed E-state index contributed by atoms with van der Waals surface area (Å²) in [5, 5.41) is 3.52. The molecule has 3 unspecified atom stereocenters. The fraction of sp³-hybridized carbons (Fsp3) is 0.600. The van der Waals surface area contributed by atoms with Crippen molar-refractivity contribution in [1.82, 2.24) is 5.32 Å². The Hall–Kier alpha value is -0.100. The molecule has 0 amide bonds. The zero-order valence-corrected chi connectivity index (χ0v) is 15.0. The maximum absolute atomic E-state index is 6.13. The molecule has 3 nitrogen and oxygen atoms in total. The third-order valence-corrected chi connectivity index (χ3v) is 4.70. The molecule has 1 fully saturated rings. The first-order chi connectivity index (χ1) is 9.67. The van der Waals surface area contributed by atoms with Gasteiger partial charge in [-0.25, -0.2) is 0 Å². The van der Waals surface area contributed by atoms with Crippen LogP contribution in [0.2, 0.25) is 0 Å². The molecular weight excluding hydrogens is 386 g/mol. The van der Waals surface area contributed by atoms with Gasteiger partial charge in [-0.1, -0.05) is 13.0 Å². The van der Waals surface area contributed by atoms with Crippen LogP contribution in [0.15, 0.2) is 27.1 Å². The first kappa shape index (κ1) is 16.3. The van der Waals surface area contributed by atoms with Crippen LogP contribution in [0, 0.1) is 0 Å². The predicted octanol–water partition coefficient (Wildman–Crippen LogP) is 4.14. The lowest BCUT2D eigenvalue weighted by molar-refractivity contribution is -0.105. The molecular formula is C15H21Br2NO2. The molecule has 0 aromatic heterocycles. The Morgan fingerprint density at radius 2 is 1.95 bits per heavy atom. The maximum Gasteiger partial charge on any atom is 0.148 e. The van der Waals surface area contributed by atoms with Gasteiger partial charge in [-0.15, -0.1) is 0 Å². The second kappa shape index (κ2) is 7.78. The highest BCUT2D eigenvalue weighted by Gasteiger charge is 2.43. The van der Waals surface area contributed by atoms with E-state index in [1.165, 1.54) is 0 Å². The van der Waals surface area contributed by atoms with Crippen molar-refractivity contribution in [2.45, 2.75) is 44.9 Å². The molecule has 0 radical (unpaired) electrons. The van der Waals surface area contributed by atoms with Gasteiger partial charge in [-0.3, -0.25) is 0 Å². The largest absolute Gasteiger partial charge is 0.485 e. The molecule has 1 aliphatic rings. The summed E-state index contributed by atoms with van der Waals surface area (Å²) in [5.74, 6) is 0.858. The van der Waals surface area contributed by atoms with Gasteiger partial charge in [-0.2, -0.15) is 0 Å². The van der Waals surface area contributed by atoms with E-state index in [1.807, 2.05) is 25.1 Å². The Morgan fingerprint density at radius 3 is 2.55 bits per heavy atom. The lowest BCUT2D eigenvalue weighted by atomic mass is 9.85. The van der Waals surface area contributed by atoms with Crippen LogP contribution in [0.5, 0.6) is 5.75 Å². The minimum atomic E-state index is 0.110. The highest BCUT2D eigenvalue weighted by Crippen LogP contribution is 2.37. The third-order valence-electron chi connectivity index (χ3n) is 3.45. The van der Waals surface area contributed by atoms with Crippen LogP contribution in [-0.2, 0) is 4.74 Å². The number of nitrogens with one attached hydrogen (secondary N) is 1. The lowest BCUT2D eigenvalue weighted by Crippen LogP contribution is -2.61. The summed E-state index contributed by atoms with van der Waals surface area (Å²) in [6, 6.07) is 6.36. The van der Waals surface area contributed by atoms with Crippen molar-refractivity contribution in [3.05, 3.63) is 27.1 Å². The zero-order chi connectivity index (χ0) is 14.5. The molecule has 0 spiro atoms. The number of para-hydroxylation sites is 1. The molecule has 112 valence electrons. The van der Waals surface area contributed by atoms with Crippen LogP contribution in [0.4, 0.5) is 0 Å². The Kier molecular flexibility index (Phi) is 6.33. The fourth-order valence-electron chi connectivity index (χ4n) is 2.39. The summed E-state index contributed by atoms with van der Waals surface area (Å²) in [6.07, 6.45) is 2.36. The molecule has 1 saturated carbocycles. The molecule has 3 atom stereocenters. The van der Waals surface area contributed by atoms with Crippen LogP contribution in [0.25, 0.3) is 0 Å². The standard InChI is InChI=1S/C15H21Br2NO2/c1-3-8-18-12-9-13(15(12)19-4-2)20-14-10(16)6-5-7-11(14)17/h5-7,12-13,15,18H,3-4,8-9H2,1-2H3. The fourth-order valence-corrected chi connectivity index (χ4v) is 3.57. The zero-order valence-electron chi connectivity index (χ0n) is 11.9. The van der Waals surface area contributed by atoms with E-state index in [2.05, 4.69) is 44.1 Å². The Balaban J connectivity index is 1.99. The average Bonchev–Trinajstić information content (AvgIpc) is 2.42. The molecule has 1 N–H and O–H groups in total.